The summed E-state index contributed by atoms with van der Waals surface area (Å²) in [4.78, 5) is 8.48. The van der Waals surface area contributed by atoms with Crippen LogP contribution in [0, 0.1) is 5.92 Å². The highest BCUT2D eigenvalue weighted by Gasteiger charge is 2.05. The fraction of sp³-hybridized carbons (Fsp3) is 0.692. The van der Waals surface area contributed by atoms with Crippen molar-refractivity contribution in [2.45, 2.75) is 40.2 Å². The van der Waals surface area contributed by atoms with E-state index in [0.29, 0.717) is 43.3 Å². The van der Waals surface area contributed by atoms with Gasteiger partial charge in [-0.25, -0.2) is 10.8 Å². The van der Waals surface area contributed by atoms with E-state index in [-0.39, 0.29) is 0 Å². The number of aromatic nitrogens is 2. The number of nitrogens with zero attached hydrogens (tertiary/aromatic N) is 2. The van der Waals surface area contributed by atoms with Gasteiger partial charge in [0.05, 0.1) is 6.61 Å². The Hall–Kier alpha value is -1.40. The van der Waals surface area contributed by atoms with Crippen molar-refractivity contribution in [3.63, 3.8) is 0 Å². The molecule has 1 aromatic rings. The lowest BCUT2D eigenvalue weighted by Gasteiger charge is -2.10. The second-order valence-electron chi connectivity index (χ2n) is 4.67. The smallest absolute Gasteiger partial charge is 0.218 e. The third-order valence-corrected chi connectivity index (χ3v) is 2.51. The zero-order valence-electron chi connectivity index (χ0n) is 12.0. The fourth-order valence-electron chi connectivity index (χ4n) is 1.55. The van der Waals surface area contributed by atoms with Crippen LogP contribution in [0.1, 0.15) is 39.4 Å². The number of hydrogen-bond acceptors (Lipinski definition) is 6. The first-order chi connectivity index (χ1) is 9.15. The standard InChI is InChI=1S/C13H24N4O2/c1-4-18-9-12-15-11(17-14)8-13(16-12)19-7-5-6-10(2)3/h8,10H,4-7,9,14H2,1-3H3,(H,15,16,17). The summed E-state index contributed by atoms with van der Waals surface area (Å²) in [5, 5.41) is 0. The Morgan fingerprint density at radius 1 is 1.37 bits per heavy atom. The van der Waals surface area contributed by atoms with E-state index in [9.17, 15) is 0 Å². The number of hydrogen-bond donors (Lipinski definition) is 2. The van der Waals surface area contributed by atoms with E-state index >= 15 is 0 Å². The second-order valence-corrected chi connectivity index (χ2v) is 4.67. The summed E-state index contributed by atoms with van der Waals surface area (Å²) in [7, 11) is 0. The van der Waals surface area contributed by atoms with Gasteiger partial charge in [-0.15, -0.1) is 0 Å². The minimum absolute atomic E-state index is 0.356. The van der Waals surface area contributed by atoms with Gasteiger partial charge in [0.1, 0.15) is 12.4 Å². The first-order valence-corrected chi connectivity index (χ1v) is 6.70. The summed E-state index contributed by atoms with van der Waals surface area (Å²) in [6, 6.07) is 1.69. The normalized spacial score (nSPS) is 10.8. The Balaban J connectivity index is 2.55. The maximum absolute atomic E-state index is 5.62. The lowest BCUT2D eigenvalue weighted by atomic mass is 10.1. The predicted octanol–water partition coefficient (Wildman–Crippen LogP) is 2.11. The molecule has 0 radical (unpaired) electrons. The average molecular weight is 268 g/mol. The van der Waals surface area contributed by atoms with Crippen molar-refractivity contribution >= 4 is 5.82 Å². The Labute approximate surface area is 114 Å². The summed E-state index contributed by atoms with van der Waals surface area (Å²) in [6.45, 7) is 7.94. The van der Waals surface area contributed by atoms with Crippen molar-refractivity contribution in [1.29, 1.82) is 0 Å². The van der Waals surface area contributed by atoms with Crippen LogP contribution >= 0.6 is 0 Å². The number of nitrogens with one attached hydrogen (secondary N) is 1. The van der Waals surface area contributed by atoms with Crippen molar-refractivity contribution in [3.8, 4) is 5.88 Å². The molecule has 0 bridgehead atoms. The summed E-state index contributed by atoms with van der Waals surface area (Å²) in [5.41, 5.74) is 2.51. The topological polar surface area (TPSA) is 82.3 Å². The highest BCUT2D eigenvalue weighted by Crippen LogP contribution is 2.14. The summed E-state index contributed by atoms with van der Waals surface area (Å²) in [5.74, 6) is 7.68. The third-order valence-electron chi connectivity index (χ3n) is 2.51. The molecule has 108 valence electrons. The quantitative estimate of drug-likeness (QED) is 0.405. The van der Waals surface area contributed by atoms with E-state index in [0.717, 1.165) is 12.8 Å². The molecule has 1 rings (SSSR count). The Bertz CT molecular complexity index is 372. The predicted molar refractivity (Wildman–Crippen MR) is 74.7 cm³/mol. The summed E-state index contributed by atoms with van der Waals surface area (Å²) < 4.78 is 10.9. The highest BCUT2D eigenvalue weighted by molar-refractivity contribution is 5.36. The van der Waals surface area contributed by atoms with Gasteiger partial charge in [-0.05, 0) is 25.7 Å². The van der Waals surface area contributed by atoms with Gasteiger partial charge in [0.2, 0.25) is 5.88 Å². The molecule has 0 aliphatic carbocycles. The van der Waals surface area contributed by atoms with Crippen LogP contribution in [0.15, 0.2) is 6.07 Å². The monoisotopic (exact) mass is 268 g/mol. The molecule has 3 N–H and O–H groups in total. The SMILES string of the molecule is CCOCc1nc(NN)cc(OCCCC(C)C)n1. The van der Waals surface area contributed by atoms with Gasteiger partial charge in [0, 0.05) is 12.7 Å². The van der Waals surface area contributed by atoms with Gasteiger partial charge in [-0.2, -0.15) is 4.98 Å². The molecule has 0 atom stereocenters. The Kier molecular flexibility index (Phi) is 7.14. The zero-order valence-corrected chi connectivity index (χ0v) is 12.0. The van der Waals surface area contributed by atoms with Gasteiger partial charge in [-0.1, -0.05) is 13.8 Å². The average Bonchev–Trinajstić information content (AvgIpc) is 2.41. The fourth-order valence-corrected chi connectivity index (χ4v) is 1.55. The minimum Gasteiger partial charge on any atom is -0.478 e. The van der Waals surface area contributed by atoms with E-state index in [2.05, 4.69) is 29.2 Å². The zero-order chi connectivity index (χ0) is 14.1. The molecule has 0 saturated carbocycles. The molecule has 1 heterocycles. The summed E-state index contributed by atoms with van der Waals surface area (Å²) >= 11 is 0. The van der Waals surface area contributed by atoms with Crippen molar-refractivity contribution in [1.82, 2.24) is 9.97 Å². The van der Waals surface area contributed by atoms with E-state index in [1.165, 1.54) is 0 Å². The van der Waals surface area contributed by atoms with Crippen LogP contribution in [0.25, 0.3) is 0 Å². The van der Waals surface area contributed by atoms with Crippen molar-refractivity contribution in [2.24, 2.45) is 11.8 Å². The van der Waals surface area contributed by atoms with Gasteiger partial charge in [0.25, 0.3) is 0 Å². The molecular formula is C13H24N4O2. The number of ether oxygens (including phenoxy) is 2. The second kappa shape index (κ2) is 8.66. The van der Waals surface area contributed by atoms with Crippen LogP contribution in [0.3, 0.4) is 0 Å². The molecule has 1 aromatic heterocycles. The van der Waals surface area contributed by atoms with Crippen LogP contribution in [0.5, 0.6) is 5.88 Å². The van der Waals surface area contributed by atoms with Gasteiger partial charge < -0.3 is 14.9 Å². The molecule has 0 fully saturated rings. The third kappa shape index (κ3) is 6.35. The molecule has 19 heavy (non-hydrogen) atoms. The van der Waals surface area contributed by atoms with Crippen LogP contribution < -0.4 is 16.0 Å². The minimum atomic E-state index is 0.356. The number of rotatable bonds is 9. The number of hydrazine groups is 1. The van der Waals surface area contributed by atoms with E-state index < -0.39 is 0 Å². The van der Waals surface area contributed by atoms with Crippen LogP contribution in [0.4, 0.5) is 5.82 Å². The van der Waals surface area contributed by atoms with E-state index in [4.69, 9.17) is 15.3 Å². The molecule has 0 saturated heterocycles. The maximum Gasteiger partial charge on any atom is 0.218 e. The van der Waals surface area contributed by atoms with Gasteiger partial charge >= 0.3 is 0 Å². The van der Waals surface area contributed by atoms with Crippen molar-refractivity contribution in [3.05, 3.63) is 11.9 Å². The highest BCUT2D eigenvalue weighted by atomic mass is 16.5. The van der Waals surface area contributed by atoms with Crippen molar-refractivity contribution in [2.75, 3.05) is 18.6 Å². The first-order valence-electron chi connectivity index (χ1n) is 6.70. The molecular weight excluding hydrogens is 244 g/mol. The molecule has 6 heteroatoms. The molecule has 6 nitrogen and oxygen atoms in total. The maximum atomic E-state index is 5.62. The molecule has 0 amide bonds. The molecule has 0 spiro atoms. The number of anilines is 1. The van der Waals surface area contributed by atoms with Crippen molar-refractivity contribution < 1.29 is 9.47 Å². The lowest BCUT2D eigenvalue weighted by molar-refractivity contribution is 0.127. The molecule has 0 unspecified atom stereocenters. The van der Waals surface area contributed by atoms with Gasteiger partial charge in [0.15, 0.2) is 5.82 Å². The van der Waals surface area contributed by atoms with Gasteiger partial charge in [-0.3, -0.25) is 0 Å². The lowest BCUT2D eigenvalue weighted by Crippen LogP contribution is -2.12. The van der Waals surface area contributed by atoms with Crippen LogP contribution in [-0.2, 0) is 11.3 Å². The van der Waals surface area contributed by atoms with Crippen LogP contribution in [-0.4, -0.2) is 23.2 Å². The Morgan fingerprint density at radius 2 is 2.16 bits per heavy atom. The van der Waals surface area contributed by atoms with Crippen LogP contribution in [0.2, 0.25) is 0 Å². The van der Waals surface area contributed by atoms with E-state index in [1.807, 2.05) is 6.92 Å². The number of nitrogen functional groups attached to an aromatic ring is 1. The molecule has 0 aliphatic rings. The summed E-state index contributed by atoms with van der Waals surface area (Å²) in [6.07, 6.45) is 2.15. The molecule has 0 aliphatic heterocycles. The number of nitrogens with two attached hydrogens (primary N) is 1. The Morgan fingerprint density at radius 3 is 2.79 bits per heavy atom. The molecule has 0 aromatic carbocycles. The largest absolute Gasteiger partial charge is 0.478 e. The van der Waals surface area contributed by atoms with E-state index in [1.54, 1.807) is 6.07 Å². The first kappa shape index (κ1) is 15.7.